The molecule has 33 heavy (non-hydrogen) atoms. The Kier molecular flexibility index (Phi) is 6.64. The summed E-state index contributed by atoms with van der Waals surface area (Å²) in [5, 5.41) is 8.17. The van der Waals surface area contributed by atoms with Gasteiger partial charge in [-0.3, -0.25) is 0 Å². The Morgan fingerprint density at radius 3 is 2.48 bits per heavy atom. The molecular weight excluding hydrogens is 428 g/mol. The van der Waals surface area contributed by atoms with E-state index in [9.17, 15) is 13.6 Å². The first-order valence-electron chi connectivity index (χ1n) is 10.5. The van der Waals surface area contributed by atoms with Gasteiger partial charge in [0, 0.05) is 49.7 Å². The number of carbonyl (C=O) groups is 1. The molecule has 3 aromatic rings. The van der Waals surface area contributed by atoms with E-state index in [1.807, 2.05) is 19.1 Å². The van der Waals surface area contributed by atoms with Crippen LogP contribution in [0.2, 0.25) is 0 Å². The number of benzene rings is 2. The van der Waals surface area contributed by atoms with Crippen LogP contribution in [-0.4, -0.2) is 54.1 Å². The van der Waals surface area contributed by atoms with Crippen molar-refractivity contribution in [2.45, 2.75) is 6.92 Å². The summed E-state index contributed by atoms with van der Waals surface area (Å²) in [6, 6.07) is 11.1. The lowest BCUT2D eigenvalue weighted by Crippen LogP contribution is -2.44. The van der Waals surface area contributed by atoms with Crippen LogP contribution < -0.4 is 20.9 Å². The molecule has 2 amide bonds. The van der Waals surface area contributed by atoms with E-state index < -0.39 is 17.7 Å². The topological polar surface area (TPSA) is 85.4 Å². The lowest BCUT2D eigenvalue weighted by molar-refractivity contribution is 0.262. The molecule has 0 spiro atoms. The predicted molar refractivity (Wildman–Crippen MR) is 125 cm³/mol. The highest BCUT2D eigenvalue weighted by atomic mass is 19.1. The molecule has 0 aliphatic carbocycles. The number of halogens is 2. The van der Waals surface area contributed by atoms with Crippen LogP contribution >= 0.6 is 0 Å². The van der Waals surface area contributed by atoms with Gasteiger partial charge < -0.3 is 25.8 Å². The number of carbonyl (C=O) groups excluding carboxylic acids is 1. The SMILES string of the molecule is Cc1nc(Nc2cccc(NC(=O)Nc3cc(F)ccc3F)c2)cc(N2CCN(C)CC2)n1. The van der Waals surface area contributed by atoms with E-state index in [0.29, 0.717) is 23.0 Å². The Morgan fingerprint density at radius 2 is 1.70 bits per heavy atom. The van der Waals surface area contributed by atoms with Crippen molar-refractivity contribution in [3.63, 3.8) is 0 Å². The molecule has 3 N–H and O–H groups in total. The Labute approximate surface area is 190 Å². The molecule has 8 nitrogen and oxygen atoms in total. The lowest BCUT2D eigenvalue weighted by Gasteiger charge is -2.33. The maximum atomic E-state index is 13.8. The van der Waals surface area contributed by atoms with Crippen molar-refractivity contribution in [3.05, 3.63) is 66.0 Å². The van der Waals surface area contributed by atoms with E-state index in [1.54, 1.807) is 18.2 Å². The largest absolute Gasteiger partial charge is 0.354 e. The first kappa shape index (κ1) is 22.4. The average molecular weight is 453 g/mol. The highest BCUT2D eigenvalue weighted by Gasteiger charge is 2.17. The Morgan fingerprint density at radius 1 is 0.939 bits per heavy atom. The Hall–Kier alpha value is -3.79. The summed E-state index contributed by atoms with van der Waals surface area (Å²) in [5.41, 5.74) is 0.932. The fourth-order valence-electron chi connectivity index (χ4n) is 3.51. The molecule has 1 aromatic heterocycles. The standard InChI is InChI=1S/C23H25F2N7O/c1-15-26-21(14-22(27-15)32-10-8-31(2)9-11-32)28-17-4-3-5-18(13-17)29-23(33)30-20-12-16(24)6-7-19(20)25/h3-7,12-14H,8-11H2,1-2H3,(H,26,27,28)(H2,29,30,33). The molecular formula is C23H25F2N7O. The summed E-state index contributed by atoms with van der Waals surface area (Å²) >= 11 is 0. The van der Waals surface area contributed by atoms with Gasteiger partial charge in [0.25, 0.3) is 0 Å². The van der Waals surface area contributed by atoms with Crippen molar-refractivity contribution in [3.8, 4) is 0 Å². The number of nitrogens with one attached hydrogen (secondary N) is 3. The maximum Gasteiger partial charge on any atom is 0.323 e. The number of hydrogen-bond donors (Lipinski definition) is 3. The first-order valence-corrected chi connectivity index (χ1v) is 10.5. The molecule has 1 fully saturated rings. The number of likely N-dealkylation sites (N-methyl/N-ethyl adjacent to an activating group) is 1. The molecule has 0 saturated carbocycles. The molecule has 0 radical (unpaired) electrons. The number of amides is 2. The van der Waals surface area contributed by atoms with Gasteiger partial charge in [0.05, 0.1) is 5.69 Å². The minimum absolute atomic E-state index is 0.241. The number of rotatable bonds is 5. The molecule has 10 heteroatoms. The molecule has 1 saturated heterocycles. The zero-order valence-electron chi connectivity index (χ0n) is 18.4. The lowest BCUT2D eigenvalue weighted by atomic mass is 10.2. The van der Waals surface area contributed by atoms with E-state index in [0.717, 1.165) is 50.2 Å². The first-order chi connectivity index (χ1) is 15.9. The van der Waals surface area contributed by atoms with Crippen LogP contribution in [-0.2, 0) is 0 Å². The number of piperazine rings is 1. The molecule has 4 rings (SSSR count). The molecule has 2 aromatic carbocycles. The van der Waals surface area contributed by atoms with Crippen molar-refractivity contribution in [2.24, 2.45) is 0 Å². The quantitative estimate of drug-likeness (QED) is 0.537. The third kappa shape index (κ3) is 5.92. The van der Waals surface area contributed by atoms with Crippen LogP contribution in [0.3, 0.4) is 0 Å². The van der Waals surface area contributed by atoms with Gasteiger partial charge in [-0.1, -0.05) is 6.07 Å². The molecule has 1 aliphatic heterocycles. The van der Waals surface area contributed by atoms with E-state index in [-0.39, 0.29) is 5.69 Å². The number of aromatic nitrogens is 2. The zero-order valence-corrected chi connectivity index (χ0v) is 18.4. The molecule has 1 aliphatic rings. The summed E-state index contributed by atoms with van der Waals surface area (Å²) in [4.78, 5) is 25.8. The average Bonchev–Trinajstić information content (AvgIpc) is 2.76. The second-order valence-corrected chi connectivity index (χ2v) is 7.86. The van der Waals surface area contributed by atoms with Crippen LogP contribution in [0.4, 0.5) is 42.3 Å². The molecule has 0 bridgehead atoms. The van der Waals surface area contributed by atoms with Crippen molar-refractivity contribution in [1.29, 1.82) is 0 Å². The number of aryl methyl sites for hydroxylation is 1. The van der Waals surface area contributed by atoms with Crippen LogP contribution in [0.15, 0.2) is 48.5 Å². The van der Waals surface area contributed by atoms with Gasteiger partial charge in [-0.15, -0.1) is 0 Å². The monoisotopic (exact) mass is 453 g/mol. The highest BCUT2D eigenvalue weighted by molar-refractivity contribution is 6.00. The third-order valence-electron chi connectivity index (χ3n) is 5.22. The van der Waals surface area contributed by atoms with Crippen LogP contribution in [0.25, 0.3) is 0 Å². The van der Waals surface area contributed by atoms with Crippen molar-refractivity contribution in [1.82, 2.24) is 14.9 Å². The van der Waals surface area contributed by atoms with Crippen molar-refractivity contribution >= 4 is 34.7 Å². The normalized spacial score (nSPS) is 14.1. The number of urea groups is 1. The minimum Gasteiger partial charge on any atom is -0.354 e. The van der Waals surface area contributed by atoms with Crippen molar-refractivity contribution in [2.75, 3.05) is 54.1 Å². The summed E-state index contributed by atoms with van der Waals surface area (Å²) in [7, 11) is 2.10. The molecule has 0 atom stereocenters. The van der Waals surface area contributed by atoms with E-state index >= 15 is 0 Å². The van der Waals surface area contributed by atoms with Crippen LogP contribution in [0.5, 0.6) is 0 Å². The van der Waals surface area contributed by atoms with Crippen LogP contribution in [0, 0.1) is 18.6 Å². The number of nitrogens with zero attached hydrogens (tertiary/aromatic N) is 4. The highest BCUT2D eigenvalue weighted by Crippen LogP contribution is 2.23. The number of anilines is 5. The van der Waals surface area contributed by atoms with E-state index in [4.69, 9.17) is 0 Å². The van der Waals surface area contributed by atoms with E-state index in [2.05, 4.69) is 42.8 Å². The molecule has 172 valence electrons. The fourth-order valence-corrected chi connectivity index (χ4v) is 3.51. The second-order valence-electron chi connectivity index (χ2n) is 7.86. The third-order valence-corrected chi connectivity index (χ3v) is 5.22. The van der Waals surface area contributed by atoms with Gasteiger partial charge in [0.1, 0.15) is 29.1 Å². The predicted octanol–water partition coefficient (Wildman–Crippen LogP) is 4.20. The smallest absolute Gasteiger partial charge is 0.323 e. The van der Waals surface area contributed by atoms with Gasteiger partial charge in [-0.2, -0.15) is 0 Å². The fraction of sp³-hybridized carbons (Fsp3) is 0.261. The second kappa shape index (κ2) is 9.78. The van der Waals surface area contributed by atoms with Crippen LogP contribution in [0.1, 0.15) is 5.82 Å². The molecule has 0 unspecified atom stereocenters. The number of hydrogen-bond acceptors (Lipinski definition) is 6. The van der Waals surface area contributed by atoms with Gasteiger partial charge in [0.2, 0.25) is 0 Å². The summed E-state index contributed by atoms with van der Waals surface area (Å²) in [5.74, 6) is 0.787. The van der Waals surface area contributed by atoms with Gasteiger partial charge in [-0.25, -0.2) is 23.5 Å². The minimum atomic E-state index is -0.725. The summed E-state index contributed by atoms with van der Waals surface area (Å²) < 4.78 is 27.1. The zero-order chi connectivity index (χ0) is 23.4. The van der Waals surface area contributed by atoms with Gasteiger partial charge >= 0.3 is 6.03 Å². The van der Waals surface area contributed by atoms with Gasteiger partial charge in [0.15, 0.2) is 0 Å². The van der Waals surface area contributed by atoms with Crippen molar-refractivity contribution < 1.29 is 13.6 Å². The van der Waals surface area contributed by atoms with E-state index in [1.165, 1.54) is 0 Å². The molecule has 2 heterocycles. The summed E-state index contributed by atoms with van der Waals surface area (Å²) in [6.07, 6.45) is 0. The Balaban J connectivity index is 1.44. The Bertz CT molecular complexity index is 1150. The van der Waals surface area contributed by atoms with Gasteiger partial charge in [-0.05, 0) is 44.3 Å². The summed E-state index contributed by atoms with van der Waals surface area (Å²) in [6.45, 7) is 5.58. The maximum absolute atomic E-state index is 13.8.